The van der Waals surface area contributed by atoms with E-state index >= 15 is 0 Å². The summed E-state index contributed by atoms with van der Waals surface area (Å²) in [6.45, 7) is -2.02. The van der Waals surface area contributed by atoms with Crippen molar-refractivity contribution in [1.29, 1.82) is 0 Å². The van der Waals surface area contributed by atoms with Crippen LogP contribution in [0.4, 0.5) is 14.5 Å². The van der Waals surface area contributed by atoms with Gasteiger partial charge in [0.1, 0.15) is 0 Å². The molecule has 33 heavy (non-hydrogen) atoms. The number of hydrogen-bond acceptors (Lipinski definition) is 3. The average Bonchev–Trinajstić information content (AvgIpc) is 2.79. The van der Waals surface area contributed by atoms with Gasteiger partial charge in [-0.1, -0.05) is 49.7 Å². The number of halogens is 3. The van der Waals surface area contributed by atoms with Gasteiger partial charge < -0.3 is 15.2 Å². The normalized spacial score (nSPS) is 24.6. The lowest BCUT2D eigenvalue weighted by molar-refractivity contribution is -0.151. The van der Waals surface area contributed by atoms with Gasteiger partial charge in [-0.15, -0.1) is 0 Å². The number of rotatable bonds is 7. The number of ether oxygens (including phenoxy) is 1. The zero-order chi connectivity index (χ0) is 26.9. The molecule has 0 aliphatic heterocycles. The van der Waals surface area contributed by atoms with E-state index in [1.165, 1.54) is 12.1 Å². The standard InChI is InChI=1S/C25H28ClF2NO4/c1-15(2)17-6-4-5-7-18(17)25(12-10-24(3,11-13-25)22(31)32)21(30)29-19-9-8-16(26)14-20(19)33-23(27)28/h4-9,14-15,23H,10-13H2,1-3H3,(H,29,30)(H,31,32)/i3D3. The fourth-order valence-electron chi connectivity index (χ4n) is 4.41. The molecule has 2 N–H and O–H groups in total. The van der Waals surface area contributed by atoms with Crippen molar-refractivity contribution >= 4 is 29.2 Å². The molecule has 0 heterocycles. The smallest absolute Gasteiger partial charge is 0.387 e. The first-order chi connectivity index (χ1) is 16.7. The molecular formula is C25H28ClF2NO4. The fraction of sp³-hybridized carbons (Fsp3) is 0.440. The minimum absolute atomic E-state index is 0.00732. The van der Waals surface area contributed by atoms with Gasteiger partial charge in [0.05, 0.1) is 16.5 Å². The number of aliphatic carboxylic acids is 1. The van der Waals surface area contributed by atoms with E-state index in [2.05, 4.69) is 10.1 Å². The van der Waals surface area contributed by atoms with Crippen LogP contribution in [0.5, 0.6) is 5.75 Å². The van der Waals surface area contributed by atoms with E-state index in [0.717, 1.165) is 11.6 Å². The second-order valence-electron chi connectivity index (χ2n) is 8.68. The van der Waals surface area contributed by atoms with Crippen molar-refractivity contribution in [2.45, 2.75) is 64.3 Å². The predicted molar refractivity (Wildman–Crippen MR) is 123 cm³/mol. The first-order valence-electron chi connectivity index (χ1n) is 12.1. The third-order valence-electron chi connectivity index (χ3n) is 6.31. The lowest BCUT2D eigenvalue weighted by Gasteiger charge is -2.43. The monoisotopic (exact) mass is 482 g/mol. The Morgan fingerprint density at radius 1 is 1.15 bits per heavy atom. The molecule has 0 aromatic heterocycles. The van der Waals surface area contributed by atoms with Gasteiger partial charge in [-0.05, 0) is 61.7 Å². The van der Waals surface area contributed by atoms with Crippen LogP contribution in [0.3, 0.4) is 0 Å². The number of hydrogen-bond donors (Lipinski definition) is 2. The number of amides is 1. The molecule has 0 unspecified atom stereocenters. The van der Waals surface area contributed by atoms with Crippen molar-refractivity contribution < 1.29 is 32.3 Å². The summed E-state index contributed by atoms with van der Waals surface area (Å²) in [5.74, 6) is -2.32. The number of carbonyl (C=O) groups excluding carboxylic acids is 1. The topological polar surface area (TPSA) is 75.6 Å². The number of anilines is 1. The summed E-state index contributed by atoms with van der Waals surface area (Å²) in [5, 5.41) is 12.7. The first-order valence-corrected chi connectivity index (χ1v) is 11.0. The van der Waals surface area contributed by atoms with Gasteiger partial charge in [-0.25, -0.2) is 0 Å². The quantitative estimate of drug-likeness (QED) is 0.465. The van der Waals surface area contributed by atoms with Crippen LogP contribution in [0.2, 0.25) is 5.02 Å². The molecule has 5 nitrogen and oxygen atoms in total. The number of benzene rings is 2. The van der Waals surface area contributed by atoms with E-state index in [9.17, 15) is 23.5 Å². The summed E-state index contributed by atoms with van der Waals surface area (Å²) in [7, 11) is 0. The molecule has 2 aromatic rings. The molecule has 1 fully saturated rings. The minimum atomic E-state index is -3.15. The largest absolute Gasteiger partial charge is 0.481 e. The van der Waals surface area contributed by atoms with Crippen LogP contribution in [0, 0.1) is 5.41 Å². The molecule has 3 rings (SSSR count). The molecule has 0 saturated heterocycles. The molecule has 1 saturated carbocycles. The van der Waals surface area contributed by atoms with Gasteiger partial charge in [0.15, 0.2) is 5.75 Å². The molecule has 0 atom stereocenters. The van der Waals surface area contributed by atoms with Crippen molar-refractivity contribution in [2.24, 2.45) is 5.41 Å². The maximum absolute atomic E-state index is 13.9. The van der Waals surface area contributed by atoms with Crippen LogP contribution in [0.25, 0.3) is 0 Å². The number of carbonyl (C=O) groups is 2. The van der Waals surface area contributed by atoms with Gasteiger partial charge in [-0.2, -0.15) is 8.78 Å². The van der Waals surface area contributed by atoms with Crippen molar-refractivity contribution in [1.82, 2.24) is 0 Å². The second kappa shape index (κ2) is 9.67. The van der Waals surface area contributed by atoms with Crippen molar-refractivity contribution in [3.8, 4) is 5.75 Å². The molecule has 1 aliphatic carbocycles. The Morgan fingerprint density at radius 2 is 1.82 bits per heavy atom. The van der Waals surface area contributed by atoms with Crippen LogP contribution < -0.4 is 10.1 Å². The Balaban J connectivity index is 2.10. The van der Waals surface area contributed by atoms with E-state index < -0.39 is 36.2 Å². The number of alkyl halides is 2. The molecule has 2 aromatic carbocycles. The number of carboxylic acid groups (broad SMARTS) is 1. The van der Waals surface area contributed by atoms with Crippen molar-refractivity contribution in [3.05, 3.63) is 58.6 Å². The van der Waals surface area contributed by atoms with Crippen LogP contribution >= 0.6 is 11.6 Å². The van der Waals surface area contributed by atoms with Crippen LogP contribution in [-0.2, 0) is 15.0 Å². The van der Waals surface area contributed by atoms with Gasteiger partial charge in [0.2, 0.25) is 5.91 Å². The third-order valence-corrected chi connectivity index (χ3v) is 6.54. The van der Waals surface area contributed by atoms with Gasteiger partial charge in [0.25, 0.3) is 0 Å². The van der Waals surface area contributed by atoms with Crippen molar-refractivity contribution in [3.63, 3.8) is 0 Å². The van der Waals surface area contributed by atoms with Gasteiger partial charge in [-0.3, -0.25) is 9.59 Å². The van der Waals surface area contributed by atoms with E-state index in [1.807, 2.05) is 26.0 Å². The highest BCUT2D eigenvalue weighted by molar-refractivity contribution is 6.30. The van der Waals surface area contributed by atoms with Gasteiger partial charge in [0, 0.05) is 15.2 Å². The van der Waals surface area contributed by atoms with Crippen LogP contribution in [-0.4, -0.2) is 23.6 Å². The van der Waals surface area contributed by atoms with Gasteiger partial charge >= 0.3 is 12.6 Å². The molecule has 1 amide bonds. The Kier molecular flexibility index (Phi) is 6.13. The lowest BCUT2D eigenvalue weighted by atomic mass is 9.60. The first kappa shape index (κ1) is 20.9. The molecular weight excluding hydrogens is 452 g/mol. The summed E-state index contributed by atoms with van der Waals surface area (Å²) in [4.78, 5) is 26.1. The summed E-state index contributed by atoms with van der Waals surface area (Å²) in [6.07, 6.45) is -0.656. The van der Waals surface area contributed by atoms with Crippen LogP contribution in [0.15, 0.2) is 42.5 Å². The molecule has 0 spiro atoms. The third kappa shape index (κ3) is 5.13. The maximum Gasteiger partial charge on any atom is 0.387 e. The van der Waals surface area contributed by atoms with Crippen molar-refractivity contribution in [2.75, 3.05) is 5.32 Å². The van der Waals surface area contributed by atoms with E-state index in [0.29, 0.717) is 5.56 Å². The average molecular weight is 483 g/mol. The van der Waals surface area contributed by atoms with Crippen LogP contribution in [0.1, 0.15) is 67.5 Å². The zero-order valence-electron chi connectivity index (χ0n) is 21.3. The Hall–Kier alpha value is -2.67. The highest BCUT2D eigenvalue weighted by Crippen LogP contribution is 2.49. The highest BCUT2D eigenvalue weighted by atomic mass is 35.5. The molecule has 1 aliphatic rings. The number of nitrogens with one attached hydrogen (secondary N) is 1. The molecule has 0 bridgehead atoms. The second-order valence-corrected chi connectivity index (χ2v) is 9.12. The highest BCUT2D eigenvalue weighted by Gasteiger charge is 2.50. The van der Waals surface area contributed by atoms with E-state index in [4.69, 9.17) is 15.7 Å². The lowest BCUT2D eigenvalue weighted by Crippen LogP contribution is -2.47. The minimum Gasteiger partial charge on any atom is -0.481 e. The predicted octanol–water partition coefficient (Wildman–Crippen LogP) is 6.61. The summed E-state index contributed by atoms with van der Waals surface area (Å²) >= 11 is 5.92. The number of carboxylic acids is 1. The Labute approximate surface area is 201 Å². The fourth-order valence-corrected chi connectivity index (χ4v) is 4.57. The van der Waals surface area contributed by atoms with E-state index in [-0.39, 0.29) is 48.1 Å². The molecule has 0 radical (unpaired) electrons. The Bertz CT molecular complexity index is 1130. The molecule has 8 heteroatoms. The summed E-state index contributed by atoms with van der Waals surface area (Å²) < 4.78 is 54.2. The summed E-state index contributed by atoms with van der Waals surface area (Å²) in [6, 6.07) is 11.1. The zero-order valence-corrected chi connectivity index (χ0v) is 19.1. The Morgan fingerprint density at radius 3 is 2.39 bits per heavy atom. The maximum atomic E-state index is 13.9. The van der Waals surface area contributed by atoms with E-state index in [1.54, 1.807) is 12.1 Å². The summed E-state index contributed by atoms with van der Waals surface area (Å²) in [5.41, 5.74) is -1.82. The molecule has 178 valence electrons. The SMILES string of the molecule is [2H]C([2H])([2H])C1(C(=O)O)CCC(C(=O)Nc2ccc(Cl)cc2OC(F)F)(c2ccccc2C(C)C)CC1.